The maximum absolute atomic E-state index is 6.14. The third-order valence-electron chi connectivity index (χ3n) is 5.77. The first-order valence-corrected chi connectivity index (χ1v) is 11.4. The van der Waals surface area contributed by atoms with Gasteiger partial charge in [0, 0.05) is 17.9 Å². The Balaban J connectivity index is 1.59. The number of nitrogens with zero attached hydrogens (tertiary/aromatic N) is 2. The van der Waals surface area contributed by atoms with Gasteiger partial charge in [-0.1, -0.05) is 74.4 Å². The molecule has 0 amide bonds. The molecule has 0 aromatic heterocycles. The van der Waals surface area contributed by atoms with Gasteiger partial charge in [0.1, 0.15) is 5.76 Å². The molecule has 35 heavy (non-hydrogen) atoms. The number of fused-ring (bicyclic) bond motifs is 3. The average molecular weight is 459 g/mol. The molecule has 4 heteroatoms. The lowest BCUT2D eigenvalue weighted by molar-refractivity contribution is 0.447. The van der Waals surface area contributed by atoms with Crippen molar-refractivity contribution in [2.45, 2.75) is 0 Å². The Morgan fingerprint density at radius 2 is 1.34 bits per heavy atom. The molecule has 2 aliphatic rings. The maximum atomic E-state index is 6.14. The fourth-order valence-corrected chi connectivity index (χ4v) is 4.19. The quantitative estimate of drug-likeness (QED) is 0.369. The Labute approximate surface area is 206 Å². The lowest BCUT2D eigenvalue weighted by Gasteiger charge is -2.34. The van der Waals surface area contributed by atoms with Crippen molar-refractivity contribution in [2.75, 3.05) is 16.3 Å². The van der Waals surface area contributed by atoms with E-state index in [4.69, 9.17) is 9.47 Å². The highest BCUT2D eigenvalue weighted by Gasteiger charge is 2.26. The van der Waals surface area contributed by atoms with Crippen LogP contribution in [0.3, 0.4) is 0 Å². The summed E-state index contributed by atoms with van der Waals surface area (Å²) in [5.74, 6) is 2.86. The van der Waals surface area contributed by atoms with Gasteiger partial charge in [0.25, 0.3) is 0 Å². The Bertz CT molecular complexity index is 1350. The molecule has 2 heterocycles. The first kappa shape index (κ1) is 22.1. The van der Waals surface area contributed by atoms with E-state index in [1.165, 1.54) is 0 Å². The van der Waals surface area contributed by atoms with Gasteiger partial charge >= 0.3 is 0 Å². The molecular weight excluding hydrogens is 432 g/mol. The summed E-state index contributed by atoms with van der Waals surface area (Å²) in [5, 5.41) is 0. The molecule has 0 radical (unpaired) electrons. The van der Waals surface area contributed by atoms with Crippen molar-refractivity contribution in [3.8, 4) is 17.2 Å². The fraction of sp³-hybridized carbons (Fsp3) is 0.0323. The van der Waals surface area contributed by atoms with Crippen LogP contribution >= 0.6 is 0 Å². The summed E-state index contributed by atoms with van der Waals surface area (Å²) in [6.45, 7) is 13.2. The summed E-state index contributed by atoms with van der Waals surface area (Å²) in [6, 6.07) is 23.8. The molecule has 0 fully saturated rings. The molecule has 172 valence electrons. The average Bonchev–Trinajstić information content (AvgIpc) is 2.88. The van der Waals surface area contributed by atoms with Crippen molar-refractivity contribution in [3.05, 3.63) is 146 Å². The lowest BCUT2D eigenvalue weighted by Crippen LogP contribution is -2.24. The SMILES string of the molecule is C=C/C(=C\C(=C)N1c2ccccc2Oc2ccccc21)N1C/C=C\C=C/C(=C)Oc2ccccc21. The zero-order valence-electron chi connectivity index (χ0n) is 19.4. The van der Waals surface area contributed by atoms with Crippen molar-refractivity contribution >= 4 is 17.1 Å². The number of rotatable bonds is 4. The van der Waals surface area contributed by atoms with Gasteiger partial charge in [0.2, 0.25) is 0 Å². The highest BCUT2D eigenvalue weighted by atomic mass is 16.5. The van der Waals surface area contributed by atoms with Crippen molar-refractivity contribution < 1.29 is 9.47 Å². The van der Waals surface area contributed by atoms with Crippen molar-refractivity contribution in [3.63, 3.8) is 0 Å². The van der Waals surface area contributed by atoms with E-state index in [0.29, 0.717) is 12.3 Å². The summed E-state index contributed by atoms with van der Waals surface area (Å²) >= 11 is 0. The number of anilines is 3. The Morgan fingerprint density at radius 3 is 1.97 bits per heavy atom. The molecule has 0 aliphatic carbocycles. The highest BCUT2D eigenvalue weighted by Crippen LogP contribution is 2.48. The number of hydrogen-bond acceptors (Lipinski definition) is 4. The van der Waals surface area contributed by atoms with E-state index in [2.05, 4.69) is 35.6 Å². The molecule has 2 aliphatic heterocycles. The molecule has 0 unspecified atom stereocenters. The monoisotopic (exact) mass is 458 g/mol. The van der Waals surface area contributed by atoms with Crippen LogP contribution in [-0.2, 0) is 0 Å². The maximum Gasteiger partial charge on any atom is 0.151 e. The molecular formula is C31H26N2O2. The van der Waals surface area contributed by atoms with E-state index >= 15 is 0 Å². The summed E-state index contributed by atoms with van der Waals surface area (Å²) in [4.78, 5) is 4.26. The summed E-state index contributed by atoms with van der Waals surface area (Å²) in [6.07, 6.45) is 11.7. The van der Waals surface area contributed by atoms with Crippen LogP contribution in [0.1, 0.15) is 0 Å². The van der Waals surface area contributed by atoms with Crippen LogP contribution in [0.4, 0.5) is 17.1 Å². The molecule has 3 aromatic carbocycles. The molecule has 0 atom stereocenters. The van der Waals surface area contributed by atoms with Gasteiger partial charge in [0.05, 0.1) is 17.1 Å². The van der Waals surface area contributed by atoms with Gasteiger partial charge in [-0.25, -0.2) is 0 Å². The van der Waals surface area contributed by atoms with E-state index in [9.17, 15) is 0 Å². The van der Waals surface area contributed by atoms with E-state index in [1.807, 2.05) is 103 Å². The first-order chi connectivity index (χ1) is 17.2. The van der Waals surface area contributed by atoms with Gasteiger partial charge in [-0.3, -0.25) is 0 Å². The molecule has 4 nitrogen and oxygen atoms in total. The number of allylic oxidation sites excluding steroid dienone is 5. The molecule has 0 saturated carbocycles. The van der Waals surface area contributed by atoms with E-state index in [1.54, 1.807) is 0 Å². The van der Waals surface area contributed by atoms with Crippen LogP contribution in [0.5, 0.6) is 17.2 Å². The molecule has 3 aromatic rings. The Hall–Kier alpha value is -4.70. The number of ether oxygens (including phenoxy) is 2. The van der Waals surface area contributed by atoms with E-state index in [-0.39, 0.29) is 0 Å². The minimum absolute atomic E-state index is 0.569. The van der Waals surface area contributed by atoms with Gasteiger partial charge in [-0.05, 0) is 54.6 Å². The molecule has 0 saturated heterocycles. The van der Waals surface area contributed by atoms with Crippen LogP contribution in [0, 0.1) is 0 Å². The van der Waals surface area contributed by atoms with Crippen molar-refractivity contribution in [2.24, 2.45) is 0 Å². The van der Waals surface area contributed by atoms with Gasteiger partial charge in [-0.2, -0.15) is 0 Å². The largest absolute Gasteiger partial charge is 0.456 e. The Kier molecular flexibility index (Phi) is 6.10. The van der Waals surface area contributed by atoms with Crippen LogP contribution in [0.25, 0.3) is 0 Å². The minimum atomic E-state index is 0.569. The zero-order valence-corrected chi connectivity index (χ0v) is 19.4. The predicted octanol–water partition coefficient (Wildman–Crippen LogP) is 8.04. The van der Waals surface area contributed by atoms with Gasteiger partial charge < -0.3 is 19.3 Å². The predicted molar refractivity (Wildman–Crippen MR) is 144 cm³/mol. The number of hydrogen-bond donors (Lipinski definition) is 0. The Morgan fingerprint density at radius 1 is 0.771 bits per heavy atom. The second-order valence-corrected chi connectivity index (χ2v) is 8.07. The zero-order chi connectivity index (χ0) is 24.2. The van der Waals surface area contributed by atoms with Gasteiger partial charge in [-0.15, -0.1) is 0 Å². The topological polar surface area (TPSA) is 24.9 Å². The third-order valence-corrected chi connectivity index (χ3v) is 5.77. The molecule has 5 rings (SSSR count). The lowest BCUT2D eigenvalue weighted by atomic mass is 10.1. The second-order valence-electron chi connectivity index (χ2n) is 8.07. The van der Waals surface area contributed by atoms with Crippen LogP contribution in [0.15, 0.2) is 146 Å². The summed E-state index contributed by atoms with van der Waals surface area (Å²) in [5.41, 5.74) is 4.44. The van der Waals surface area contributed by atoms with E-state index in [0.717, 1.165) is 45.7 Å². The summed E-state index contributed by atoms with van der Waals surface area (Å²) in [7, 11) is 0. The molecule has 0 spiro atoms. The normalized spacial score (nSPS) is 16.6. The van der Waals surface area contributed by atoms with Crippen LogP contribution < -0.4 is 19.3 Å². The molecule has 0 bridgehead atoms. The standard InChI is InChI=1S/C31H26N2O2/c1-4-25(32-21-13-5-6-14-24(3)34-29-18-10-7-15-26(29)32)22-23(2)33-27-16-8-11-19-30(27)35-31-20-12-9-17-28(31)33/h4-20,22H,1-3,21H2/b13-5-,14-6-,25-22+. The third kappa shape index (κ3) is 4.42. The van der Waals surface area contributed by atoms with Crippen molar-refractivity contribution in [1.29, 1.82) is 0 Å². The second kappa shape index (κ2) is 9.65. The van der Waals surface area contributed by atoms with Crippen molar-refractivity contribution in [1.82, 2.24) is 0 Å². The minimum Gasteiger partial charge on any atom is -0.456 e. The number of benzene rings is 3. The highest BCUT2D eigenvalue weighted by molar-refractivity contribution is 5.82. The molecule has 0 N–H and O–H groups in total. The fourth-order valence-electron chi connectivity index (χ4n) is 4.19. The van der Waals surface area contributed by atoms with Crippen LogP contribution in [-0.4, -0.2) is 6.54 Å². The first-order valence-electron chi connectivity index (χ1n) is 11.4. The number of para-hydroxylation sites is 6. The smallest absolute Gasteiger partial charge is 0.151 e. The van der Waals surface area contributed by atoms with E-state index < -0.39 is 0 Å². The van der Waals surface area contributed by atoms with Gasteiger partial charge in [0.15, 0.2) is 17.2 Å². The summed E-state index contributed by atoms with van der Waals surface area (Å²) < 4.78 is 12.2. The van der Waals surface area contributed by atoms with Crippen LogP contribution in [0.2, 0.25) is 0 Å².